The molecule has 14 heavy (non-hydrogen) atoms. The molecule has 1 unspecified atom stereocenters. The zero-order valence-corrected chi connectivity index (χ0v) is 8.60. The number of thioether (sulfide) groups is 1. The number of aromatic nitrogens is 2. The maximum atomic E-state index is 10.9. The van der Waals surface area contributed by atoms with Crippen LogP contribution in [-0.2, 0) is 0 Å². The first-order chi connectivity index (χ1) is 6.61. The Hall–Kier alpha value is -1.19. The lowest BCUT2D eigenvalue weighted by Gasteiger charge is -2.00. The topological polar surface area (TPSA) is 95.6 Å². The van der Waals surface area contributed by atoms with Crippen LogP contribution in [0, 0.1) is 11.3 Å². The SMILES string of the molecule is N#CC(Cl)CSc1nc(N)cc(=O)[nH]1. The normalized spacial score (nSPS) is 12.0. The smallest absolute Gasteiger partial charge is 0.253 e. The quantitative estimate of drug-likeness (QED) is 0.450. The van der Waals surface area contributed by atoms with E-state index in [4.69, 9.17) is 22.6 Å². The van der Waals surface area contributed by atoms with Gasteiger partial charge in [-0.15, -0.1) is 11.6 Å². The van der Waals surface area contributed by atoms with Crippen molar-refractivity contribution in [2.45, 2.75) is 10.5 Å². The fourth-order valence-electron chi connectivity index (χ4n) is 0.711. The van der Waals surface area contributed by atoms with Crippen molar-refractivity contribution in [3.63, 3.8) is 0 Å². The number of aromatic amines is 1. The van der Waals surface area contributed by atoms with E-state index in [1.54, 1.807) is 0 Å². The first-order valence-corrected chi connectivity index (χ1v) is 5.07. The molecule has 1 heterocycles. The fourth-order valence-corrected chi connectivity index (χ4v) is 1.62. The number of H-pyrrole nitrogens is 1. The van der Waals surface area contributed by atoms with Crippen molar-refractivity contribution in [1.29, 1.82) is 5.26 Å². The minimum Gasteiger partial charge on any atom is -0.383 e. The predicted octanol–water partition coefficient (Wildman–Crippen LogP) is 0.575. The van der Waals surface area contributed by atoms with Crippen LogP contribution in [0.25, 0.3) is 0 Å². The van der Waals surface area contributed by atoms with Gasteiger partial charge in [-0.3, -0.25) is 4.79 Å². The molecule has 0 aliphatic heterocycles. The minimum atomic E-state index is -0.605. The highest BCUT2D eigenvalue weighted by atomic mass is 35.5. The number of anilines is 1. The van der Waals surface area contributed by atoms with Crippen LogP contribution in [0.15, 0.2) is 16.0 Å². The predicted molar refractivity (Wildman–Crippen MR) is 55.2 cm³/mol. The largest absolute Gasteiger partial charge is 0.383 e. The van der Waals surface area contributed by atoms with Crippen molar-refractivity contribution >= 4 is 29.2 Å². The zero-order valence-electron chi connectivity index (χ0n) is 7.03. The van der Waals surface area contributed by atoms with Gasteiger partial charge in [-0.2, -0.15) is 5.26 Å². The van der Waals surface area contributed by atoms with Crippen molar-refractivity contribution in [2.24, 2.45) is 0 Å². The average Bonchev–Trinajstić information content (AvgIpc) is 2.12. The number of nitriles is 1. The van der Waals surface area contributed by atoms with E-state index in [1.165, 1.54) is 17.8 Å². The molecule has 0 bridgehead atoms. The van der Waals surface area contributed by atoms with Gasteiger partial charge < -0.3 is 10.7 Å². The molecule has 1 atom stereocenters. The molecule has 0 aromatic carbocycles. The summed E-state index contributed by atoms with van der Waals surface area (Å²) < 4.78 is 0. The Balaban J connectivity index is 2.69. The Labute approximate surface area is 89.3 Å². The van der Waals surface area contributed by atoms with Crippen LogP contribution in [0.1, 0.15) is 0 Å². The number of alkyl halides is 1. The van der Waals surface area contributed by atoms with E-state index in [0.29, 0.717) is 10.9 Å². The third-order valence-corrected chi connectivity index (χ3v) is 2.65. The second kappa shape index (κ2) is 4.88. The molecule has 1 aromatic rings. The molecule has 1 aromatic heterocycles. The number of hydrogen-bond donors (Lipinski definition) is 2. The van der Waals surface area contributed by atoms with Crippen molar-refractivity contribution in [2.75, 3.05) is 11.5 Å². The van der Waals surface area contributed by atoms with Gasteiger partial charge in [-0.25, -0.2) is 4.98 Å². The van der Waals surface area contributed by atoms with Gasteiger partial charge >= 0.3 is 0 Å². The Morgan fingerprint density at radius 1 is 1.86 bits per heavy atom. The summed E-state index contributed by atoms with van der Waals surface area (Å²) >= 11 is 6.74. The molecule has 0 saturated heterocycles. The van der Waals surface area contributed by atoms with Gasteiger partial charge in [0, 0.05) is 11.8 Å². The molecule has 0 fully saturated rings. The van der Waals surface area contributed by atoms with Crippen molar-refractivity contribution < 1.29 is 0 Å². The van der Waals surface area contributed by atoms with E-state index < -0.39 is 5.38 Å². The lowest BCUT2D eigenvalue weighted by Crippen LogP contribution is -2.10. The molecule has 74 valence electrons. The first-order valence-electron chi connectivity index (χ1n) is 3.65. The van der Waals surface area contributed by atoms with E-state index in [-0.39, 0.29) is 11.4 Å². The van der Waals surface area contributed by atoms with Crippen molar-refractivity contribution in [3.8, 4) is 6.07 Å². The lowest BCUT2D eigenvalue weighted by molar-refractivity contribution is 0.944. The number of hydrogen-bond acceptors (Lipinski definition) is 5. The molecule has 7 heteroatoms. The number of nitrogens with two attached hydrogens (primary N) is 1. The van der Waals surface area contributed by atoms with Crippen LogP contribution in [0.2, 0.25) is 0 Å². The van der Waals surface area contributed by atoms with Gasteiger partial charge in [0.2, 0.25) is 0 Å². The second-order valence-corrected chi connectivity index (χ2v) is 3.92. The third-order valence-electron chi connectivity index (χ3n) is 1.25. The Morgan fingerprint density at radius 3 is 3.14 bits per heavy atom. The van der Waals surface area contributed by atoms with Gasteiger partial charge in [0.1, 0.15) is 11.2 Å². The van der Waals surface area contributed by atoms with Crippen LogP contribution in [0.5, 0.6) is 0 Å². The molecule has 3 N–H and O–H groups in total. The summed E-state index contributed by atoms with van der Waals surface area (Å²) in [6.07, 6.45) is 0. The summed E-state index contributed by atoms with van der Waals surface area (Å²) in [5, 5.41) is 8.18. The Kier molecular flexibility index (Phi) is 3.80. The first kappa shape index (κ1) is 10.9. The highest BCUT2D eigenvalue weighted by Crippen LogP contribution is 2.15. The molecule has 0 aliphatic carbocycles. The van der Waals surface area contributed by atoms with Crippen molar-refractivity contribution in [3.05, 3.63) is 16.4 Å². The number of nitrogen functional groups attached to an aromatic ring is 1. The summed E-state index contributed by atoms with van der Waals surface area (Å²) in [6.45, 7) is 0. The van der Waals surface area contributed by atoms with E-state index in [1.807, 2.05) is 6.07 Å². The molecule has 1 rings (SSSR count). The van der Waals surface area contributed by atoms with Gasteiger partial charge in [0.15, 0.2) is 5.16 Å². The average molecular weight is 231 g/mol. The molecular weight excluding hydrogens is 224 g/mol. The molecular formula is C7H7ClN4OS. The summed E-state index contributed by atoms with van der Waals surface area (Å²) in [6, 6.07) is 3.04. The maximum Gasteiger partial charge on any atom is 0.253 e. The molecule has 0 amide bonds. The monoisotopic (exact) mass is 230 g/mol. The van der Waals surface area contributed by atoms with Crippen LogP contribution < -0.4 is 11.3 Å². The van der Waals surface area contributed by atoms with Gasteiger partial charge in [0.25, 0.3) is 5.56 Å². The molecule has 0 saturated carbocycles. The standard InChI is InChI=1S/C7H7ClN4OS/c8-4(2-9)3-14-7-11-5(10)1-6(13)12-7/h1,4H,3H2,(H3,10,11,12,13). The van der Waals surface area contributed by atoms with Gasteiger partial charge in [-0.05, 0) is 0 Å². The van der Waals surface area contributed by atoms with Crippen LogP contribution in [0.3, 0.4) is 0 Å². The number of nitrogens with zero attached hydrogens (tertiary/aromatic N) is 2. The lowest BCUT2D eigenvalue weighted by atomic mass is 10.5. The minimum absolute atomic E-state index is 0.152. The summed E-state index contributed by atoms with van der Waals surface area (Å²) in [5.41, 5.74) is 5.04. The fraction of sp³-hybridized carbons (Fsp3) is 0.286. The van der Waals surface area contributed by atoms with Gasteiger partial charge in [-0.1, -0.05) is 11.8 Å². The van der Waals surface area contributed by atoms with Crippen LogP contribution in [-0.4, -0.2) is 21.1 Å². The number of rotatable bonds is 3. The second-order valence-electron chi connectivity index (χ2n) is 2.38. The highest BCUT2D eigenvalue weighted by molar-refractivity contribution is 7.99. The molecule has 5 nitrogen and oxygen atoms in total. The van der Waals surface area contributed by atoms with Crippen molar-refractivity contribution in [1.82, 2.24) is 9.97 Å². The Bertz CT molecular complexity index is 413. The summed E-state index contributed by atoms with van der Waals surface area (Å²) in [5.74, 6) is 0.504. The molecule has 0 radical (unpaired) electrons. The van der Waals surface area contributed by atoms with E-state index in [9.17, 15) is 4.79 Å². The molecule has 0 spiro atoms. The van der Waals surface area contributed by atoms with E-state index >= 15 is 0 Å². The molecule has 0 aliphatic rings. The maximum absolute atomic E-state index is 10.9. The Morgan fingerprint density at radius 2 is 2.57 bits per heavy atom. The summed E-state index contributed by atoms with van der Waals surface area (Å²) in [4.78, 5) is 17.3. The zero-order chi connectivity index (χ0) is 10.6. The number of halogens is 1. The van der Waals surface area contributed by atoms with Crippen LogP contribution in [0.4, 0.5) is 5.82 Å². The van der Waals surface area contributed by atoms with E-state index in [0.717, 1.165) is 0 Å². The summed E-state index contributed by atoms with van der Waals surface area (Å²) in [7, 11) is 0. The highest BCUT2D eigenvalue weighted by Gasteiger charge is 2.05. The van der Waals surface area contributed by atoms with Crippen LogP contribution >= 0.6 is 23.4 Å². The van der Waals surface area contributed by atoms with Gasteiger partial charge in [0.05, 0.1) is 6.07 Å². The number of nitrogens with one attached hydrogen (secondary N) is 1. The van der Waals surface area contributed by atoms with E-state index in [2.05, 4.69) is 9.97 Å². The third kappa shape index (κ3) is 3.28.